The van der Waals surface area contributed by atoms with E-state index in [0.717, 1.165) is 9.80 Å². The van der Waals surface area contributed by atoms with E-state index in [9.17, 15) is 44.8 Å². The third-order valence-corrected chi connectivity index (χ3v) is 8.85. The monoisotopic (exact) mass is 578 g/mol. The molecule has 0 aromatic heterocycles. The molecule has 8 atom stereocenters. The van der Waals surface area contributed by atoms with Crippen molar-refractivity contribution in [2.24, 2.45) is 35.5 Å². The number of ether oxygens (including phenoxy) is 1. The number of benzene rings is 2. The smallest absolute Gasteiger partial charge is 0.334 e. The first kappa shape index (κ1) is 27.8. The number of nitrogens with zero attached hydrogens (tertiary/aromatic N) is 2. The number of anilines is 2. The van der Waals surface area contributed by atoms with Gasteiger partial charge in [-0.3, -0.25) is 19.2 Å². The highest BCUT2D eigenvalue weighted by Crippen LogP contribution is 2.63. The highest BCUT2D eigenvalue weighted by atomic mass is 16.8. The van der Waals surface area contributed by atoms with E-state index < -0.39 is 75.6 Å². The van der Waals surface area contributed by atoms with Gasteiger partial charge in [0.05, 0.1) is 30.3 Å². The van der Waals surface area contributed by atoms with Gasteiger partial charge in [0, 0.05) is 29.5 Å². The number of amides is 4. The van der Waals surface area contributed by atoms with E-state index in [-0.39, 0.29) is 34.9 Å². The lowest BCUT2D eigenvalue weighted by Gasteiger charge is -2.49. The quantitative estimate of drug-likeness (QED) is 0.198. The summed E-state index contributed by atoms with van der Waals surface area (Å²) in [6, 6.07) is 11.0. The van der Waals surface area contributed by atoms with Gasteiger partial charge in [-0.15, -0.1) is 0 Å². The van der Waals surface area contributed by atoms with Gasteiger partial charge < -0.3 is 15.2 Å². The van der Waals surface area contributed by atoms with E-state index in [1.54, 1.807) is 13.8 Å². The number of imide groups is 2. The number of carbonyl (C=O) groups is 5. The van der Waals surface area contributed by atoms with E-state index in [0.29, 0.717) is 5.57 Å². The van der Waals surface area contributed by atoms with Gasteiger partial charge in [-0.2, -0.15) is 10.5 Å². The van der Waals surface area contributed by atoms with Crippen LogP contribution < -0.4 is 20.3 Å². The molecule has 2 saturated heterocycles. The Morgan fingerprint density at radius 3 is 1.50 bits per heavy atom. The first-order chi connectivity index (χ1) is 20.0. The molecule has 3 fully saturated rings. The number of esters is 1. The minimum atomic E-state index is -1.36. The molecule has 218 valence electrons. The molecule has 14 nitrogen and oxygen atoms in total. The van der Waals surface area contributed by atoms with E-state index in [4.69, 9.17) is 4.74 Å². The van der Waals surface area contributed by atoms with Crippen molar-refractivity contribution in [3.8, 4) is 0 Å². The average molecular weight is 579 g/mol. The van der Waals surface area contributed by atoms with Crippen LogP contribution in [-0.2, 0) is 28.7 Å². The maximum Gasteiger partial charge on any atom is 0.334 e. The number of quaternary nitrogens is 2. The lowest BCUT2D eigenvalue weighted by atomic mass is 9.49. The number of hydrogen-bond acceptors (Lipinski definition) is 10. The Morgan fingerprint density at radius 2 is 1.12 bits per heavy atom. The third-order valence-electron chi connectivity index (χ3n) is 8.85. The Bertz CT molecular complexity index is 1490. The van der Waals surface area contributed by atoms with Crippen molar-refractivity contribution in [3.05, 3.63) is 70.1 Å². The van der Waals surface area contributed by atoms with Crippen LogP contribution >= 0.6 is 0 Å². The summed E-state index contributed by atoms with van der Waals surface area (Å²) in [5.74, 6) is -10.9. The predicted molar refractivity (Wildman–Crippen MR) is 140 cm³/mol. The summed E-state index contributed by atoms with van der Waals surface area (Å²) in [7, 11) is 0. The maximum absolute atomic E-state index is 14.1. The molecule has 3 aliphatic carbocycles. The molecule has 2 aromatic rings. The highest BCUT2D eigenvalue weighted by molar-refractivity contribution is 6.28. The molecular weight excluding hydrogens is 552 g/mol. The molecule has 2 bridgehead atoms. The standard InChI is InChI=1S/C28H26N4O10/c1-3-42-28(37)18-12(2)17-20-22(26(35)29(24(20)33)13-8-4-6-10-15(13)31(38)39)19(18)23-21(17)25(34)30(27(23)36)14-9-5-7-11-16(14)32(40)41/h4-11,17,19-23,31-32,38,40H,3H2,1-2H3/t17?,19?,20-,21-,22-,23+/m1/s1. The van der Waals surface area contributed by atoms with Crippen molar-refractivity contribution in [1.82, 2.24) is 0 Å². The van der Waals surface area contributed by atoms with Crippen LogP contribution in [0.15, 0.2) is 59.7 Å². The number of carbonyl (C=O) groups excluding carboxylic acids is 5. The van der Waals surface area contributed by atoms with E-state index in [2.05, 4.69) is 0 Å². The number of allylic oxidation sites excluding steroid dienone is 1. The van der Waals surface area contributed by atoms with Crippen LogP contribution in [0, 0.1) is 45.9 Å². The molecule has 4 unspecified atom stereocenters. The van der Waals surface area contributed by atoms with Crippen LogP contribution in [0.3, 0.4) is 0 Å². The number of nitrogens with one attached hydrogen (secondary N) is 2. The van der Waals surface area contributed by atoms with Crippen molar-refractivity contribution >= 4 is 52.3 Å². The first-order valence-electron chi connectivity index (χ1n) is 13.3. The fraction of sp³-hybridized carbons (Fsp3) is 0.321. The van der Waals surface area contributed by atoms with Crippen molar-refractivity contribution < 1.29 is 49.6 Å². The van der Waals surface area contributed by atoms with Gasteiger partial charge in [-0.05, 0) is 26.0 Å². The summed E-state index contributed by atoms with van der Waals surface area (Å²) in [5.41, 5.74) is -0.500. The van der Waals surface area contributed by atoms with Crippen LogP contribution in [0.4, 0.5) is 22.7 Å². The Balaban J connectivity index is 1.52. The van der Waals surface area contributed by atoms with Gasteiger partial charge in [0.1, 0.15) is 11.4 Å². The molecule has 1 saturated carbocycles. The van der Waals surface area contributed by atoms with E-state index >= 15 is 0 Å². The second-order valence-electron chi connectivity index (χ2n) is 10.6. The van der Waals surface area contributed by atoms with E-state index in [1.165, 1.54) is 48.5 Å². The number of para-hydroxylation sites is 4. The zero-order valence-corrected chi connectivity index (χ0v) is 22.3. The van der Waals surface area contributed by atoms with Gasteiger partial charge in [0.25, 0.3) is 0 Å². The molecular formula is C28H26N4O10. The molecule has 7 rings (SSSR count). The van der Waals surface area contributed by atoms with Crippen molar-refractivity contribution in [1.29, 1.82) is 0 Å². The van der Waals surface area contributed by atoms with Crippen molar-refractivity contribution in [2.45, 2.75) is 13.8 Å². The summed E-state index contributed by atoms with van der Waals surface area (Å²) >= 11 is 0. The van der Waals surface area contributed by atoms with E-state index in [1.807, 2.05) is 0 Å². The lowest BCUT2D eigenvalue weighted by molar-refractivity contribution is -0.990. The Kier molecular flexibility index (Phi) is 6.57. The van der Waals surface area contributed by atoms with Gasteiger partial charge in [0.15, 0.2) is 11.4 Å². The molecule has 14 heteroatoms. The van der Waals surface area contributed by atoms with Crippen LogP contribution in [0.25, 0.3) is 0 Å². The first-order valence-corrected chi connectivity index (χ1v) is 13.3. The molecule has 0 spiro atoms. The molecule has 2 aromatic carbocycles. The number of rotatable bonds is 6. The second kappa shape index (κ2) is 9.90. The SMILES string of the molecule is CCOC(=O)C1=C(C)C2[C@H]3C(=O)N(c4ccccc4[NH+]([O-])O)C(=O)[C@@H]3C1[C@@H]1C(=O)N(c3ccccc3[NH+]([O-])O)C(=O)[C@H]21. The summed E-state index contributed by atoms with van der Waals surface area (Å²) < 4.78 is 5.28. The van der Waals surface area contributed by atoms with Gasteiger partial charge in [0.2, 0.25) is 23.6 Å². The average Bonchev–Trinajstić information content (AvgIpc) is 3.38. The molecule has 2 aliphatic heterocycles. The third kappa shape index (κ3) is 3.64. The van der Waals surface area contributed by atoms with Crippen LogP contribution in [-0.4, -0.2) is 46.6 Å². The van der Waals surface area contributed by atoms with Gasteiger partial charge >= 0.3 is 5.97 Å². The van der Waals surface area contributed by atoms with Crippen molar-refractivity contribution in [2.75, 3.05) is 16.4 Å². The molecule has 5 aliphatic rings. The molecule has 42 heavy (non-hydrogen) atoms. The fourth-order valence-electron chi connectivity index (χ4n) is 7.40. The zero-order valence-electron chi connectivity index (χ0n) is 22.3. The zero-order chi connectivity index (χ0) is 30.2. The maximum atomic E-state index is 14.1. The summed E-state index contributed by atoms with van der Waals surface area (Å²) in [4.78, 5) is 71.0. The normalized spacial score (nSPS) is 29.7. The Labute approximate surface area is 238 Å². The molecule has 2 heterocycles. The summed E-state index contributed by atoms with van der Waals surface area (Å²) in [5, 5.41) is 40.6. The second-order valence-corrected chi connectivity index (χ2v) is 10.6. The minimum absolute atomic E-state index is 0.00876. The lowest BCUT2D eigenvalue weighted by Crippen LogP contribution is -2.99. The Morgan fingerprint density at radius 1 is 0.738 bits per heavy atom. The highest BCUT2D eigenvalue weighted by Gasteiger charge is 2.73. The molecule has 0 radical (unpaired) electrons. The largest absolute Gasteiger partial charge is 0.595 e. The minimum Gasteiger partial charge on any atom is -0.595 e. The topological polar surface area (TPSA) is 197 Å². The molecule has 4 N–H and O–H groups in total. The van der Waals surface area contributed by atoms with Crippen LogP contribution in [0.5, 0.6) is 0 Å². The van der Waals surface area contributed by atoms with Crippen LogP contribution in [0.2, 0.25) is 0 Å². The summed E-state index contributed by atoms with van der Waals surface area (Å²) in [6.45, 7) is 3.14. The number of hydrogen-bond donors (Lipinski definition) is 4. The summed E-state index contributed by atoms with van der Waals surface area (Å²) in [6.07, 6.45) is 0. The van der Waals surface area contributed by atoms with Gasteiger partial charge in [-0.25, -0.2) is 25.0 Å². The predicted octanol–water partition coefficient (Wildman–Crippen LogP) is -0.456. The van der Waals surface area contributed by atoms with Crippen molar-refractivity contribution in [3.63, 3.8) is 0 Å². The van der Waals surface area contributed by atoms with Gasteiger partial charge in [-0.1, -0.05) is 29.8 Å². The van der Waals surface area contributed by atoms with Crippen LogP contribution in [0.1, 0.15) is 13.8 Å². The Hall–Kier alpha value is -4.31. The molecule has 4 amide bonds. The fourth-order valence-corrected chi connectivity index (χ4v) is 7.40.